The highest BCUT2D eigenvalue weighted by atomic mass is 127. The van der Waals surface area contributed by atoms with Gasteiger partial charge in [0, 0.05) is 12.3 Å². The predicted octanol–water partition coefficient (Wildman–Crippen LogP) is 4.14. The first kappa shape index (κ1) is 12.6. The summed E-state index contributed by atoms with van der Waals surface area (Å²) in [4.78, 5) is 8.28. The van der Waals surface area contributed by atoms with Crippen molar-refractivity contribution in [1.29, 1.82) is 0 Å². The van der Waals surface area contributed by atoms with Gasteiger partial charge < -0.3 is 4.74 Å². The Labute approximate surface area is 118 Å². The normalized spacial score (nSPS) is 10.4. The number of hydrogen-bond donors (Lipinski definition) is 0. The van der Waals surface area contributed by atoms with Crippen LogP contribution in [-0.2, 0) is 0 Å². The summed E-state index contributed by atoms with van der Waals surface area (Å²) in [5, 5.41) is 0.413. The zero-order valence-electron chi connectivity index (χ0n) is 9.37. The SMILES string of the molecule is Cc1cc(I)nc(C)c1Oc1ccnc(Cl)c1. The second-order valence-electron chi connectivity index (χ2n) is 3.59. The Kier molecular flexibility index (Phi) is 3.83. The zero-order valence-corrected chi connectivity index (χ0v) is 12.3. The lowest BCUT2D eigenvalue weighted by Crippen LogP contribution is -1.96. The van der Waals surface area contributed by atoms with Gasteiger partial charge in [0.1, 0.15) is 14.6 Å². The van der Waals surface area contributed by atoms with E-state index in [0.717, 1.165) is 20.7 Å². The van der Waals surface area contributed by atoms with Crippen LogP contribution in [-0.4, -0.2) is 9.97 Å². The first-order chi connectivity index (χ1) is 8.06. The highest BCUT2D eigenvalue weighted by Crippen LogP contribution is 2.29. The van der Waals surface area contributed by atoms with Crippen LogP contribution in [0, 0.1) is 17.5 Å². The van der Waals surface area contributed by atoms with Gasteiger partial charge in [0.2, 0.25) is 0 Å². The number of halogens is 2. The third-order valence-electron chi connectivity index (χ3n) is 2.21. The van der Waals surface area contributed by atoms with Crippen molar-refractivity contribution in [1.82, 2.24) is 9.97 Å². The van der Waals surface area contributed by atoms with E-state index in [4.69, 9.17) is 16.3 Å². The summed E-state index contributed by atoms with van der Waals surface area (Å²) in [5.74, 6) is 1.44. The summed E-state index contributed by atoms with van der Waals surface area (Å²) in [7, 11) is 0. The fourth-order valence-corrected chi connectivity index (χ4v) is 2.49. The average Bonchev–Trinajstić information content (AvgIpc) is 2.23. The highest BCUT2D eigenvalue weighted by molar-refractivity contribution is 14.1. The average molecular weight is 361 g/mol. The highest BCUT2D eigenvalue weighted by Gasteiger charge is 2.08. The third-order valence-corrected chi connectivity index (χ3v) is 2.97. The summed E-state index contributed by atoms with van der Waals surface area (Å²) in [6.45, 7) is 3.92. The maximum atomic E-state index is 5.81. The molecule has 0 aliphatic carbocycles. The smallest absolute Gasteiger partial charge is 0.151 e. The molecule has 88 valence electrons. The largest absolute Gasteiger partial charge is 0.455 e. The maximum Gasteiger partial charge on any atom is 0.151 e. The van der Waals surface area contributed by atoms with Crippen LogP contribution < -0.4 is 4.74 Å². The van der Waals surface area contributed by atoms with Crippen molar-refractivity contribution in [3.8, 4) is 11.5 Å². The van der Waals surface area contributed by atoms with Crippen LogP contribution in [0.1, 0.15) is 11.3 Å². The Morgan fingerprint density at radius 3 is 2.71 bits per heavy atom. The Bertz CT molecular complexity index is 537. The van der Waals surface area contributed by atoms with Crippen molar-refractivity contribution in [2.24, 2.45) is 0 Å². The summed E-state index contributed by atoms with van der Waals surface area (Å²) in [5.41, 5.74) is 1.91. The topological polar surface area (TPSA) is 35.0 Å². The Balaban J connectivity index is 2.36. The molecule has 0 radical (unpaired) electrons. The van der Waals surface area contributed by atoms with E-state index in [0.29, 0.717) is 10.9 Å². The van der Waals surface area contributed by atoms with Gasteiger partial charge in [0.25, 0.3) is 0 Å². The van der Waals surface area contributed by atoms with Crippen molar-refractivity contribution in [2.75, 3.05) is 0 Å². The van der Waals surface area contributed by atoms with Gasteiger partial charge in [-0.05, 0) is 54.1 Å². The summed E-state index contributed by atoms with van der Waals surface area (Å²) in [6.07, 6.45) is 1.61. The molecule has 3 nitrogen and oxygen atoms in total. The number of rotatable bonds is 2. The van der Waals surface area contributed by atoms with E-state index >= 15 is 0 Å². The lowest BCUT2D eigenvalue weighted by Gasteiger charge is -2.11. The number of ether oxygens (including phenoxy) is 1. The molecule has 0 bridgehead atoms. The monoisotopic (exact) mass is 360 g/mol. The van der Waals surface area contributed by atoms with E-state index in [-0.39, 0.29) is 0 Å². The number of aromatic nitrogens is 2. The van der Waals surface area contributed by atoms with Gasteiger partial charge in [-0.3, -0.25) is 0 Å². The quantitative estimate of drug-likeness (QED) is 0.596. The Morgan fingerprint density at radius 1 is 1.29 bits per heavy atom. The summed E-state index contributed by atoms with van der Waals surface area (Å²) >= 11 is 7.99. The number of pyridine rings is 2. The van der Waals surface area contributed by atoms with Crippen molar-refractivity contribution < 1.29 is 4.74 Å². The van der Waals surface area contributed by atoms with E-state index in [1.54, 1.807) is 18.3 Å². The van der Waals surface area contributed by atoms with E-state index in [1.165, 1.54) is 0 Å². The van der Waals surface area contributed by atoms with Crippen molar-refractivity contribution in [3.05, 3.63) is 44.5 Å². The number of hydrogen-bond acceptors (Lipinski definition) is 3. The molecule has 0 saturated carbocycles. The molecule has 0 spiro atoms. The molecule has 2 aromatic rings. The third kappa shape index (κ3) is 3.07. The molecule has 0 atom stereocenters. The van der Waals surface area contributed by atoms with Crippen LogP contribution in [0.4, 0.5) is 0 Å². The van der Waals surface area contributed by atoms with Crippen LogP contribution in [0.3, 0.4) is 0 Å². The van der Waals surface area contributed by atoms with Crippen LogP contribution in [0.5, 0.6) is 11.5 Å². The first-order valence-corrected chi connectivity index (χ1v) is 6.45. The predicted molar refractivity (Wildman–Crippen MR) is 75.7 cm³/mol. The minimum atomic E-state index is 0.413. The van der Waals surface area contributed by atoms with E-state index in [1.807, 2.05) is 19.9 Å². The van der Waals surface area contributed by atoms with Gasteiger partial charge in [-0.1, -0.05) is 11.6 Å². The molecule has 0 amide bonds. The summed E-state index contributed by atoms with van der Waals surface area (Å²) in [6, 6.07) is 5.42. The molecule has 0 aliphatic heterocycles. The molecular weight excluding hydrogens is 351 g/mol. The van der Waals surface area contributed by atoms with Crippen LogP contribution in [0.25, 0.3) is 0 Å². The van der Waals surface area contributed by atoms with Gasteiger partial charge in [0.05, 0.1) is 5.69 Å². The Morgan fingerprint density at radius 2 is 2.06 bits per heavy atom. The van der Waals surface area contributed by atoms with Gasteiger partial charge in [-0.2, -0.15) is 0 Å². The summed E-state index contributed by atoms with van der Waals surface area (Å²) < 4.78 is 6.74. The van der Waals surface area contributed by atoms with Crippen LogP contribution in [0.2, 0.25) is 5.15 Å². The zero-order chi connectivity index (χ0) is 12.4. The van der Waals surface area contributed by atoms with E-state index < -0.39 is 0 Å². The molecule has 0 aliphatic rings. The fraction of sp³-hybridized carbons (Fsp3) is 0.167. The fourth-order valence-electron chi connectivity index (χ4n) is 1.49. The van der Waals surface area contributed by atoms with Crippen LogP contribution >= 0.6 is 34.2 Å². The van der Waals surface area contributed by atoms with Gasteiger partial charge >= 0.3 is 0 Å². The molecule has 2 aromatic heterocycles. The number of nitrogens with zero attached hydrogens (tertiary/aromatic N) is 2. The molecule has 5 heteroatoms. The standard InChI is InChI=1S/C12H10ClIN2O/c1-7-5-11(14)16-8(2)12(7)17-9-3-4-15-10(13)6-9/h3-6H,1-2H3. The van der Waals surface area contributed by atoms with Gasteiger partial charge in [-0.15, -0.1) is 0 Å². The van der Waals surface area contributed by atoms with Crippen molar-refractivity contribution in [3.63, 3.8) is 0 Å². The molecule has 0 N–H and O–H groups in total. The second kappa shape index (κ2) is 5.18. The first-order valence-electron chi connectivity index (χ1n) is 4.99. The molecule has 2 rings (SSSR count). The van der Waals surface area contributed by atoms with Gasteiger partial charge in [0.15, 0.2) is 5.75 Å². The molecule has 2 heterocycles. The lowest BCUT2D eigenvalue weighted by atomic mass is 10.2. The van der Waals surface area contributed by atoms with Crippen LogP contribution in [0.15, 0.2) is 24.4 Å². The number of aryl methyl sites for hydroxylation is 2. The van der Waals surface area contributed by atoms with Gasteiger partial charge in [-0.25, -0.2) is 9.97 Å². The molecule has 17 heavy (non-hydrogen) atoms. The van der Waals surface area contributed by atoms with E-state index in [9.17, 15) is 0 Å². The lowest BCUT2D eigenvalue weighted by molar-refractivity contribution is 0.471. The van der Waals surface area contributed by atoms with Crippen molar-refractivity contribution in [2.45, 2.75) is 13.8 Å². The molecule has 0 unspecified atom stereocenters. The molecule has 0 fully saturated rings. The molecular formula is C12H10ClIN2O. The Hall–Kier alpha value is -0.880. The minimum absolute atomic E-state index is 0.413. The second-order valence-corrected chi connectivity index (χ2v) is 5.09. The molecule has 0 saturated heterocycles. The van der Waals surface area contributed by atoms with Crippen molar-refractivity contribution >= 4 is 34.2 Å². The van der Waals surface area contributed by atoms with E-state index in [2.05, 4.69) is 32.6 Å². The molecule has 0 aromatic carbocycles. The minimum Gasteiger partial charge on any atom is -0.455 e. The maximum absolute atomic E-state index is 5.81.